The first-order chi connectivity index (χ1) is 20.5. The van der Waals surface area contributed by atoms with Crippen LogP contribution in [0.3, 0.4) is 0 Å². The number of rotatable bonds is 4. The molecule has 0 radical (unpaired) electrons. The minimum atomic E-state index is -5.08. The van der Waals surface area contributed by atoms with Crippen LogP contribution in [-0.2, 0) is 15.0 Å². The lowest BCUT2D eigenvalue weighted by atomic mass is 9.91. The lowest BCUT2D eigenvalue weighted by molar-refractivity contribution is -0.192. The van der Waals surface area contributed by atoms with Gasteiger partial charge in [-0.2, -0.15) is 18.3 Å². The fraction of sp³-hybridized carbons (Fsp3) is 0.333. The summed E-state index contributed by atoms with van der Waals surface area (Å²) in [5.74, 6) is -0.881. The molecule has 0 unspecified atom stereocenters. The molecule has 10 nitrogen and oxygen atoms in total. The van der Waals surface area contributed by atoms with Gasteiger partial charge in [-0.25, -0.2) is 9.78 Å². The molecule has 1 amide bonds. The number of fused-ring (bicyclic) bond motifs is 3. The summed E-state index contributed by atoms with van der Waals surface area (Å²) < 4.78 is 37.2. The molecular weight excluding hydrogens is 567 g/mol. The van der Waals surface area contributed by atoms with E-state index in [1.54, 1.807) is 7.11 Å². The van der Waals surface area contributed by atoms with Crippen LogP contribution in [0, 0.1) is 0 Å². The van der Waals surface area contributed by atoms with Crippen molar-refractivity contribution in [2.24, 2.45) is 0 Å². The van der Waals surface area contributed by atoms with Gasteiger partial charge in [0.05, 0.1) is 24.1 Å². The third-order valence-electron chi connectivity index (χ3n) is 8.36. The number of carboxylic acids is 1. The number of aromatic amines is 1. The Morgan fingerprint density at radius 3 is 2.51 bits per heavy atom. The van der Waals surface area contributed by atoms with Crippen molar-refractivity contribution in [2.75, 3.05) is 30.4 Å². The Hall–Kier alpha value is -4.65. The van der Waals surface area contributed by atoms with Crippen LogP contribution in [0.2, 0.25) is 0 Å². The molecule has 3 aliphatic rings. The molecule has 2 fully saturated rings. The Labute approximate surface area is 243 Å². The van der Waals surface area contributed by atoms with E-state index in [2.05, 4.69) is 49.7 Å². The highest BCUT2D eigenvalue weighted by Gasteiger charge is 2.65. The molecule has 4 aromatic rings. The molecule has 1 saturated carbocycles. The van der Waals surface area contributed by atoms with Gasteiger partial charge in [-0.05, 0) is 66.8 Å². The van der Waals surface area contributed by atoms with E-state index in [4.69, 9.17) is 14.6 Å². The SMILES string of the molecule is COc1ccc2c(c1)[C@]1(C[C@H]1c1ccc3c(-c4ccc(N5CCC(O)CC5)nc4)n[nH]c3c1)C(=O)N2.O=C(O)C(F)(F)F. The number of aliphatic hydroxyl groups is 1. The number of alkyl halides is 3. The second kappa shape index (κ2) is 10.6. The lowest BCUT2D eigenvalue weighted by Gasteiger charge is -2.30. The Balaban J connectivity index is 0.000000423. The third-order valence-corrected chi connectivity index (χ3v) is 8.36. The van der Waals surface area contributed by atoms with E-state index in [-0.39, 0.29) is 17.9 Å². The first kappa shape index (κ1) is 28.5. The number of methoxy groups -OCH3 is 1. The van der Waals surface area contributed by atoms with Crippen molar-refractivity contribution in [3.05, 3.63) is 65.9 Å². The summed E-state index contributed by atoms with van der Waals surface area (Å²) in [5, 5.41) is 28.7. The number of carboxylic acid groups (broad SMARTS) is 1. The number of H-pyrrole nitrogens is 1. The fourth-order valence-corrected chi connectivity index (χ4v) is 5.98. The summed E-state index contributed by atoms with van der Waals surface area (Å²) in [6, 6.07) is 16.2. The number of halogens is 3. The van der Waals surface area contributed by atoms with Gasteiger partial charge in [0.15, 0.2) is 0 Å². The minimum absolute atomic E-state index is 0.0653. The normalized spacial score (nSPS) is 21.3. The number of nitrogens with one attached hydrogen (secondary N) is 2. The van der Waals surface area contributed by atoms with Crippen LogP contribution in [0.4, 0.5) is 24.7 Å². The maximum Gasteiger partial charge on any atom is 0.490 e. The zero-order chi connectivity index (χ0) is 30.5. The average molecular weight is 596 g/mol. The molecule has 7 rings (SSSR count). The average Bonchev–Trinajstić information content (AvgIpc) is 3.52. The number of carbonyl (C=O) groups excluding carboxylic acids is 1. The molecule has 2 aromatic carbocycles. The monoisotopic (exact) mass is 595 g/mol. The van der Waals surface area contributed by atoms with E-state index in [9.17, 15) is 23.1 Å². The lowest BCUT2D eigenvalue weighted by Crippen LogP contribution is -2.36. The maximum absolute atomic E-state index is 13.0. The van der Waals surface area contributed by atoms with Gasteiger partial charge in [0.25, 0.3) is 0 Å². The molecular formula is C30H28F3N5O5. The molecule has 4 heterocycles. The highest BCUT2D eigenvalue weighted by molar-refractivity contribution is 6.10. The molecule has 1 aliphatic carbocycles. The van der Waals surface area contributed by atoms with Crippen molar-refractivity contribution in [3.8, 4) is 17.0 Å². The van der Waals surface area contributed by atoms with Crippen LogP contribution in [0.1, 0.15) is 36.3 Å². The van der Waals surface area contributed by atoms with Gasteiger partial charge in [0.1, 0.15) is 17.3 Å². The first-order valence-corrected chi connectivity index (χ1v) is 13.7. The summed E-state index contributed by atoms with van der Waals surface area (Å²) in [4.78, 5) is 28.8. The quantitative estimate of drug-likeness (QED) is 0.268. The molecule has 43 heavy (non-hydrogen) atoms. The largest absolute Gasteiger partial charge is 0.497 e. The van der Waals surface area contributed by atoms with Crippen molar-refractivity contribution in [1.29, 1.82) is 0 Å². The molecule has 224 valence electrons. The van der Waals surface area contributed by atoms with Crippen molar-refractivity contribution in [3.63, 3.8) is 0 Å². The molecule has 13 heteroatoms. The summed E-state index contributed by atoms with van der Waals surface area (Å²) in [6.07, 6.45) is -1.08. The summed E-state index contributed by atoms with van der Waals surface area (Å²) in [5.41, 5.74) is 5.27. The molecule has 0 bridgehead atoms. The smallest absolute Gasteiger partial charge is 0.490 e. The molecule has 1 saturated heterocycles. The van der Waals surface area contributed by atoms with Gasteiger partial charge in [0.2, 0.25) is 5.91 Å². The number of aromatic nitrogens is 3. The van der Waals surface area contributed by atoms with Crippen LogP contribution in [0.5, 0.6) is 5.75 Å². The van der Waals surface area contributed by atoms with Crippen molar-refractivity contribution < 1.29 is 37.7 Å². The zero-order valence-electron chi connectivity index (χ0n) is 23.0. The number of amides is 1. The summed E-state index contributed by atoms with van der Waals surface area (Å²) in [6.45, 7) is 1.64. The van der Waals surface area contributed by atoms with Crippen LogP contribution in [0.15, 0.2) is 54.7 Å². The number of ether oxygens (including phenoxy) is 1. The van der Waals surface area contributed by atoms with Crippen molar-refractivity contribution >= 4 is 34.3 Å². The third kappa shape index (κ3) is 5.13. The van der Waals surface area contributed by atoms with Gasteiger partial charge < -0.3 is 25.2 Å². The number of carbonyl (C=O) groups is 2. The number of hydrogen-bond donors (Lipinski definition) is 4. The number of aliphatic hydroxyl groups excluding tert-OH is 1. The van der Waals surface area contributed by atoms with Gasteiger partial charge in [-0.15, -0.1) is 0 Å². The first-order valence-electron chi connectivity index (χ1n) is 13.7. The van der Waals surface area contributed by atoms with Gasteiger partial charge >= 0.3 is 12.1 Å². The number of aliphatic carboxylic acids is 1. The predicted octanol–water partition coefficient (Wildman–Crippen LogP) is 4.61. The van der Waals surface area contributed by atoms with Crippen molar-refractivity contribution in [2.45, 2.75) is 42.9 Å². The molecule has 4 N–H and O–H groups in total. The molecule has 2 atom stereocenters. The zero-order valence-corrected chi connectivity index (χ0v) is 23.0. The number of anilines is 2. The standard InChI is InChI=1S/C28H27N5O3.C2HF3O2/c1-36-19-4-6-23-21(13-19)28(27(35)30-23)14-22(28)16-2-5-20-24(12-16)31-32-26(20)17-3-7-25(29-15-17)33-10-8-18(34)9-11-33;3-2(4,5)1(6)7/h2-7,12-13,15,18,22,34H,8-11,14H2,1H3,(H,30,35)(H,31,32);(H,6,7)/t22-,28-;/m0./s1. The summed E-state index contributed by atoms with van der Waals surface area (Å²) >= 11 is 0. The Morgan fingerprint density at radius 1 is 1.12 bits per heavy atom. The van der Waals surface area contributed by atoms with Crippen LogP contribution in [0.25, 0.3) is 22.2 Å². The van der Waals surface area contributed by atoms with E-state index in [0.717, 1.165) is 82.9 Å². The maximum atomic E-state index is 13.0. The second-order valence-electron chi connectivity index (χ2n) is 10.9. The fourth-order valence-electron chi connectivity index (χ4n) is 5.98. The Kier molecular flexibility index (Phi) is 6.99. The number of hydrogen-bond acceptors (Lipinski definition) is 7. The van der Waals surface area contributed by atoms with Gasteiger partial charge in [-0.1, -0.05) is 12.1 Å². The van der Waals surface area contributed by atoms with E-state index < -0.39 is 17.6 Å². The Bertz CT molecular complexity index is 1700. The topological polar surface area (TPSA) is 141 Å². The van der Waals surface area contributed by atoms with Gasteiger partial charge in [0, 0.05) is 41.8 Å². The number of pyridine rings is 1. The van der Waals surface area contributed by atoms with Crippen molar-refractivity contribution in [1.82, 2.24) is 15.2 Å². The number of piperidine rings is 1. The van der Waals surface area contributed by atoms with E-state index in [0.29, 0.717) is 0 Å². The molecule has 1 spiro atoms. The Morgan fingerprint density at radius 2 is 1.86 bits per heavy atom. The summed E-state index contributed by atoms with van der Waals surface area (Å²) in [7, 11) is 1.65. The van der Waals surface area contributed by atoms with Crippen LogP contribution in [-0.4, -0.2) is 69.8 Å². The highest BCUT2D eigenvalue weighted by Crippen LogP contribution is 2.65. The minimum Gasteiger partial charge on any atom is -0.497 e. The number of nitrogens with zero attached hydrogens (tertiary/aromatic N) is 3. The van der Waals surface area contributed by atoms with E-state index in [1.165, 1.54) is 0 Å². The second-order valence-corrected chi connectivity index (χ2v) is 10.9. The van der Waals surface area contributed by atoms with E-state index >= 15 is 0 Å². The van der Waals surface area contributed by atoms with Crippen LogP contribution >= 0.6 is 0 Å². The molecule has 2 aromatic heterocycles. The predicted molar refractivity (Wildman–Crippen MR) is 151 cm³/mol. The highest BCUT2D eigenvalue weighted by atomic mass is 19.4. The number of benzene rings is 2. The van der Waals surface area contributed by atoms with E-state index in [1.807, 2.05) is 30.5 Å². The van der Waals surface area contributed by atoms with Crippen LogP contribution < -0.4 is 15.0 Å². The van der Waals surface area contributed by atoms with Gasteiger partial charge in [-0.3, -0.25) is 9.89 Å². The molecule has 2 aliphatic heterocycles.